The zero-order chi connectivity index (χ0) is 20.2. The van der Waals surface area contributed by atoms with Crippen molar-refractivity contribution in [2.45, 2.75) is 0 Å². The number of anilines is 2. The molecule has 0 saturated carbocycles. The van der Waals surface area contributed by atoms with Gasteiger partial charge in [-0.15, -0.1) is 0 Å². The molecule has 0 bridgehead atoms. The fourth-order valence-electron chi connectivity index (χ4n) is 3.02. The molecular formula is C20H20N4O4S. The Morgan fingerprint density at radius 2 is 1.97 bits per heavy atom. The van der Waals surface area contributed by atoms with E-state index in [2.05, 4.69) is 15.6 Å². The number of fused-ring (bicyclic) bond motifs is 1. The number of nitrogens with one attached hydrogen (secondary N) is 2. The van der Waals surface area contributed by atoms with Crippen molar-refractivity contribution in [2.24, 2.45) is 0 Å². The fraction of sp³-hybridized carbons (Fsp3) is 0.250. The number of urea groups is 1. The van der Waals surface area contributed by atoms with Crippen molar-refractivity contribution in [2.75, 3.05) is 44.0 Å². The van der Waals surface area contributed by atoms with Crippen LogP contribution in [0.15, 0.2) is 42.5 Å². The van der Waals surface area contributed by atoms with Crippen LogP contribution in [0.4, 0.5) is 15.6 Å². The zero-order valence-corrected chi connectivity index (χ0v) is 16.6. The molecule has 8 nitrogen and oxygen atoms in total. The standard InChI is InChI=1S/C20H20N4O4S/c1-27-15-4-2-3-14(12-15)21-19(26)23-20-22-16-6-5-13(11-17(16)29-20)18(25)24-7-9-28-10-8-24/h2-6,11-12H,7-10H2,1H3,(H2,21,22,23,26). The maximum atomic E-state index is 12.6. The number of ether oxygens (including phenoxy) is 2. The van der Waals surface area contributed by atoms with Crippen LogP contribution >= 0.6 is 11.3 Å². The van der Waals surface area contributed by atoms with Gasteiger partial charge >= 0.3 is 6.03 Å². The Kier molecular flexibility index (Phi) is 5.59. The molecule has 1 aliphatic heterocycles. The van der Waals surface area contributed by atoms with Gasteiger partial charge < -0.3 is 19.7 Å². The average Bonchev–Trinajstić information content (AvgIpc) is 3.15. The molecule has 0 aliphatic carbocycles. The van der Waals surface area contributed by atoms with Crippen molar-refractivity contribution in [1.82, 2.24) is 9.88 Å². The third-order valence-corrected chi connectivity index (χ3v) is 5.42. The van der Waals surface area contributed by atoms with Crippen LogP contribution < -0.4 is 15.4 Å². The van der Waals surface area contributed by atoms with Crippen molar-refractivity contribution >= 4 is 44.3 Å². The lowest BCUT2D eigenvalue weighted by Crippen LogP contribution is -2.40. The van der Waals surface area contributed by atoms with E-state index in [9.17, 15) is 9.59 Å². The second kappa shape index (κ2) is 8.46. The van der Waals surface area contributed by atoms with E-state index in [1.165, 1.54) is 11.3 Å². The first-order valence-electron chi connectivity index (χ1n) is 9.12. The maximum Gasteiger partial charge on any atom is 0.325 e. The predicted molar refractivity (Wildman–Crippen MR) is 112 cm³/mol. The predicted octanol–water partition coefficient (Wildman–Crippen LogP) is 3.42. The number of hydrogen-bond acceptors (Lipinski definition) is 6. The van der Waals surface area contributed by atoms with Crippen LogP contribution in [0.25, 0.3) is 10.2 Å². The fourth-order valence-corrected chi connectivity index (χ4v) is 3.92. The van der Waals surface area contributed by atoms with Crippen LogP contribution in [0.1, 0.15) is 10.4 Å². The number of morpholine rings is 1. The first-order valence-corrected chi connectivity index (χ1v) is 9.94. The molecule has 1 aromatic heterocycles. The van der Waals surface area contributed by atoms with Gasteiger partial charge in [-0.2, -0.15) is 0 Å². The van der Waals surface area contributed by atoms with Crippen molar-refractivity contribution in [3.63, 3.8) is 0 Å². The van der Waals surface area contributed by atoms with Gasteiger partial charge in [0.2, 0.25) is 0 Å². The zero-order valence-electron chi connectivity index (χ0n) is 15.8. The SMILES string of the molecule is COc1cccc(NC(=O)Nc2nc3ccc(C(=O)N4CCOCC4)cc3s2)c1. The molecule has 2 N–H and O–H groups in total. The van der Waals surface area contributed by atoms with E-state index >= 15 is 0 Å². The molecule has 2 aromatic carbocycles. The molecule has 4 rings (SSSR count). The summed E-state index contributed by atoms with van der Waals surface area (Å²) in [6.07, 6.45) is 0. The van der Waals surface area contributed by atoms with Crippen molar-refractivity contribution in [1.29, 1.82) is 0 Å². The molecular weight excluding hydrogens is 392 g/mol. The highest BCUT2D eigenvalue weighted by Gasteiger charge is 2.19. The second-order valence-electron chi connectivity index (χ2n) is 6.42. The molecule has 3 aromatic rings. The van der Waals surface area contributed by atoms with Crippen LogP contribution in [0.2, 0.25) is 0 Å². The number of thiazole rings is 1. The van der Waals surface area contributed by atoms with Crippen LogP contribution in [0, 0.1) is 0 Å². The smallest absolute Gasteiger partial charge is 0.325 e. The van der Waals surface area contributed by atoms with Gasteiger partial charge in [0.25, 0.3) is 5.91 Å². The lowest BCUT2D eigenvalue weighted by Gasteiger charge is -2.26. The summed E-state index contributed by atoms with van der Waals surface area (Å²) in [6.45, 7) is 2.31. The molecule has 0 unspecified atom stereocenters. The number of carbonyl (C=O) groups excluding carboxylic acids is 2. The van der Waals surface area contributed by atoms with Gasteiger partial charge in [-0.25, -0.2) is 9.78 Å². The molecule has 1 saturated heterocycles. The first kappa shape index (κ1) is 19.2. The lowest BCUT2D eigenvalue weighted by molar-refractivity contribution is 0.0303. The molecule has 1 fully saturated rings. The summed E-state index contributed by atoms with van der Waals surface area (Å²) in [5, 5.41) is 5.94. The summed E-state index contributed by atoms with van der Waals surface area (Å²) in [5.41, 5.74) is 1.95. The van der Waals surface area contributed by atoms with E-state index < -0.39 is 6.03 Å². The van der Waals surface area contributed by atoms with Crippen LogP contribution in [-0.2, 0) is 4.74 Å². The monoisotopic (exact) mass is 412 g/mol. The molecule has 9 heteroatoms. The summed E-state index contributed by atoms with van der Waals surface area (Å²) in [5.74, 6) is 0.633. The van der Waals surface area contributed by atoms with Gasteiger partial charge in [-0.1, -0.05) is 17.4 Å². The number of carbonyl (C=O) groups is 2. The molecule has 3 amide bonds. The Morgan fingerprint density at radius 3 is 2.76 bits per heavy atom. The molecule has 150 valence electrons. The number of amides is 3. The molecule has 0 radical (unpaired) electrons. The third-order valence-electron chi connectivity index (χ3n) is 4.48. The second-order valence-corrected chi connectivity index (χ2v) is 7.45. The summed E-state index contributed by atoms with van der Waals surface area (Å²) < 4.78 is 11.3. The minimum atomic E-state index is -0.401. The number of hydrogen-bond donors (Lipinski definition) is 2. The maximum absolute atomic E-state index is 12.6. The minimum Gasteiger partial charge on any atom is -0.497 e. The molecule has 0 atom stereocenters. The largest absolute Gasteiger partial charge is 0.497 e. The number of methoxy groups -OCH3 is 1. The summed E-state index contributed by atoms with van der Waals surface area (Å²) in [7, 11) is 1.57. The minimum absolute atomic E-state index is 0.0196. The highest BCUT2D eigenvalue weighted by Crippen LogP contribution is 2.27. The Labute approximate surface area is 171 Å². The van der Waals surface area contributed by atoms with Gasteiger partial charge in [0, 0.05) is 30.4 Å². The van der Waals surface area contributed by atoms with Crippen LogP contribution in [-0.4, -0.2) is 55.2 Å². The molecule has 29 heavy (non-hydrogen) atoms. The Balaban J connectivity index is 1.45. The molecule has 2 heterocycles. The quantitative estimate of drug-likeness (QED) is 0.685. The Morgan fingerprint density at radius 1 is 1.14 bits per heavy atom. The van der Waals surface area contributed by atoms with E-state index in [0.29, 0.717) is 48.4 Å². The van der Waals surface area contributed by atoms with E-state index in [0.717, 1.165) is 10.2 Å². The average molecular weight is 412 g/mol. The number of aromatic nitrogens is 1. The number of benzene rings is 2. The Hall–Kier alpha value is -3.17. The molecule has 1 aliphatic rings. The van der Waals surface area contributed by atoms with Gasteiger partial charge in [-0.05, 0) is 30.3 Å². The normalized spacial score (nSPS) is 13.9. The summed E-state index contributed by atoms with van der Waals surface area (Å²) in [6, 6.07) is 12.1. The van der Waals surface area contributed by atoms with Gasteiger partial charge in [0.15, 0.2) is 5.13 Å². The third kappa shape index (κ3) is 4.47. The van der Waals surface area contributed by atoms with Gasteiger partial charge in [-0.3, -0.25) is 10.1 Å². The Bertz CT molecular complexity index is 1050. The van der Waals surface area contributed by atoms with E-state index in [-0.39, 0.29) is 5.91 Å². The molecule has 0 spiro atoms. The van der Waals surface area contributed by atoms with Crippen molar-refractivity contribution in [3.8, 4) is 5.75 Å². The first-order chi connectivity index (χ1) is 14.1. The topological polar surface area (TPSA) is 92.8 Å². The van der Waals surface area contributed by atoms with Gasteiger partial charge in [0.1, 0.15) is 5.75 Å². The highest BCUT2D eigenvalue weighted by atomic mass is 32.1. The number of nitrogens with zero attached hydrogens (tertiary/aromatic N) is 2. The number of rotatable bonds is 4. The van der Waals surface area contributed by atoms with E-state index in [1.807, 2.05) is 6.07 Å². The van der Waals surface area contributed by atoms with Crippen molar-refractivity contribution < 1.29 is 19.1 Å². The van der Waals surface area contributed by atoms with Crippen molar-refractivity contribution in [3.05, 3.63) is 48.0 Å². The van der Waals surface area contributed by atoms with Gasteiger partial charge in [0.05, 0.1) is 30.5 Å². The highest BCUT2D eigenvalue weighted by molar-refractivity contribution is 7.22. The van der Waals surface area contributed by atoms with E-state index in [1.54, 1.807) is 48.4 Å². The van der Waals surface area contributed by atoms with Crippen LogP contribution in [0.3, 0.4) is 0 Å². The summed E-state index contributed by atoms with van der Waals surface area (Å²) in [4.78, 5) is 31.1. The summed E-state index contributed by atoms with van der Waals surface area (Å²) >= 11 is 1.32. The van der Waals surface area contributed by atoms with E-state index in [4.69, 9.17) is 9.47 Å². The lowest BCUT2D eigenvalue weighted by atomic mass is 10.2. The van der Waals surface area contributed by atoms with Crippen LogP contribution in [0.5, 0.6) is 5.75 Å².